The molecule has 0 aliphatic heterocycles. The molecule has 25 heavy (non-hydrogen) atoms. The molecule has 0 amide bonds. The molecule has 0 spiro atoms. The van der Waals surface area contributed by atoms with Crippen molar-refractivity contribution >= 4 is 0 Å². The molecule has 0 bridgehead atoms. The van der Waals surface area contributed by atoms with Gasteiger partial charge in [-0.2, -0.15) is 0 Å². The van der Waals surface area contributed by atoms with E-state index in [0.29, 0.717) is 0 Å². The molecule has 0 aromatic carbocycles. The van der Waals surface area contributed by atoms with E-state index >= 15 is 0 Å². The van der Waals surface area contributed by atoms with Crippen LogP contribution in [0, 0.1) is 27.7 Å². The molecule has 0 radical (unpaired) electrons. The predicted molar refractivity (Wildman–Crippen MR) is 103 cm³/mol. The Balaban J connectivity index is 2.09. The van der Waals surface area contributed by atoms with Gasteiger partial charge in [-0.1, -0.05) is 13.0 Å². The maximum absolute atomic E-state index is 4.84. The molecule has 0 saturated carbocycles. The monoisotopic (exact) mass is 331 g/mol. The van der Waals surface area contributed by atoms with E-state index < -0.39 is 0 Å². The maximum atomic E-state index is 4.84. The van der Waals surface area contributed by atoms with Crippen molar-refractivity contribution in [3.05, 3.63) is 76.5 Å². The maximum Gasteiger partial charge on any atom is 0.0706 e. The number of aryl methyl sites for hydroxylation is 4. The van der Waals surface area contributed by atoms with Gasteiger partial charge in [-0.05, 0) is 76.1 Å². The first-order valence-electron chi connectivity index (χ1n) is 8.84. The van der Waals surface area contributed by atoms with Gasteiger partial charge < -0.3 is 0 Å². The standard InChI is InChI=1S/C22H25N3/c1-6-20(18-10-15(3)23-16(4)11-18)22-13-19(12-17(5)25-22)21-9-7-8-14(2)24-21/h7-13,20H,6H2,1-5H3. The summed E-state index contributed by atoms with van der Waals surface area (Å²) in [5.41, 5.74) is 8.69. The zero-order valence-electron chi connectivity index (χ0n) is 15.7. The summed E-state index contributed by atoms with van der Waals surface area (Å²) < 4.78 is 0. The highest BCUT2D eigenvalue weighted by Crippen LogP contribution is 2.30. The molecule has 3 aromatic heterocycles. The average molecular weight is 331 g/mol. The molecule has 0 aliphatic carbocycles. The smallest absolute Gasteiger partial charge is 0.0706 e. The number of hydrogen-bond acceptors (Lipinski definition) is 3. The summed E-state index contributed by atoms with van der Waals surface area (Å²) in [5, 5.41) is 0. The van der Waals surface area contributed by atoms with Crippen molar-refractivity contribution in [3.63, 3.8) is 0 Å². The second-order valence-corrected chi connectivity index (χ2v) is 6.73. The van der Waals surface area contributed by atoms with Gasteiger partial charge in [-0.15, -0.1) is 0 Å². The fraction of sp³-hybridized carbons (Fsp3) is 0.318. The molecule has 0 aliphatic rings. The number of aromatic nitrogens is 3. The third-order valence-corrected chi connectivity index (χ3v) is 4.43. The van der Waals surface area contributed by atoms with Crippen molar-refractivity contribution in [2.45, 2.75) is 47.0 Å². The zero-order chi connectivity index (χ0) is 18.0. The van der Waals surface area contributed by atoms with Crippen LogP contribution in [0.25, 0.3) is 11.3 Å². The highest BCUT2D eigenvalue weighted by atomic mass is 14.7. The van der Waals surface area contributed by atoms with E-state index in [0.717, 1.165) is 46.1 Å². The summed E-state index contributed by atoms with van der Waals surface area (Å²) in [6.45, 7) is 10.4. The molecule has 0 saturated heterocycles. The molecule has 3 heteroatoms. The van der Waals surface area contributed by atoms with Crippen molar-refractivity contribution in [1.82, 2.24) is 15.0 Å². The fourth-order valence-electron chi connectivity index (χ4n) is 3.41. The van der Waals surface area contributed by atoms with Crippen molar-refractivity contribution in [3.8, 4) is 11.3 Å². The summed E-state index contributed by atoms with van der Waals surface area (Å²) in [6, 6.07) is 14.8. The largest absolute Gasteiger partial charge is 0.258 e. The van der Waals surface area contributed by atoms with Crippen LogP contribution in [0.5, 0.6) is 0 Å². The molecule has 3 rings (SSSR count). The first-order valence-corrected chi connectivity index (χ1v) is 8.84. The molecular formula is C22H25N3. The molecule has 3 heterocycles. The average Bonchev–Trinajstić information content (AvgIpc) is 2.54. The molecule has 0 fully saturated rings. The van der Waals surface area contributed by atoms with Gasteiger partial charge in [0.05, 0.1) is 5.69 Å². The van der Waals surface area contributed by atoms with Gasteiger partial charge in [0.25, 0.3) is 0 Å². The van der Waals surface area contributed by atoms with Crippen molar-refractivity contribution in [1.29, 1.82) is 0 Å². The number of nitrogens with zero attached hydrogens (tertiary/aromatic N) is 3. The molecule has 0 N–H and O–H groups in total. The van der Waals surface area contributed by atoms with Crippen LogP contribution in [0.2, 0.25) is 0 Å². The SMILES string of the molecule is CCC(c1cc(C)nc(C)c1)c1cc(-c2cccc(C)n2)cc(C)n1. The normalized spacial score (nSPS) is 12.2. The second kappa shape index (κ2) is 7.14. The van der Waals surface area contributed by atoms with Crippen LogP contribution in [0.1, 0.15) is 53.3 Å². The van der Waals surface area contributed by atoms with Crippen molar-refractivity contribution < 1.29 is 0 Å². The summed E-state index contributed by atoms with van der Waals surface area (Å²) in [4.78, 5) is 14.0. The molecule has 1 atom stereocenters. The quantitative estimate of drug-likeness (QED) is 0.650. The number of pyridine rings is 3. The van der Waals surface area contributed by atoms with Crippen LogP contribution in [0.15, 0.2) is 42.5 Å². The van der Waals surface area contributed by atoms with Crippen LogP contribution < -0.4 is 0 Å². The Morgan fingerprint density at radius 1 is 0.760 bits per heavy atom. The van der Waals surface area contributed by atoms with E-state index in [1.165, 1.54) is 5.56 Å². The Morgan fingerprint density at radius 3 is 2.08 bits per heavy atom. The van der Waals surface area contributed by atoms with Crippen molar-refractivity contribution in [2.24, 2.45) is 0 Å². The Morgan fingerprint density at radius 2 is 1.44 bits per heavy atom. The lowest BCUT2D eigenvalue weighted by atomic mass is 9.91. The van der Waals surface area contributed by atoms with Crippen LogP contribution in [-0.4, -0.2) is 15.0 Å². The Hall–Kier alpha value is -2.55. The summed E-state index contributed by atoms with van der Waals surface area (Å²) in [6.07, 6.45) is 1.00. The molecule has 3 nitrogen and oxygen atoms in total. The van der Waals surface area contributed by atoms with Gasteiger partial charge in [-0.25, -0.2) is 0 Å². The zero-order valence-corrected chi connectivity index (χ0v) is 15.7. The number of rotatable bonds is 4. The van der Waals surface area contributed by atoms with Crippen LogP contribution >= 0.6 is 0 Å². The van der Waals surface area contributed by atoms with Gasteiger partial charge in [0.2, 0.25) is 0 Å². The highest BCUT2D eigenvalue weighted by molar-refractivity contribution is 5.60. The lowest BCUT2D eigenvalue weighted by Gasteiger charge is -2.18. The van der Waals surface area contributed by atoms with Crippen LogP contribution in [0.3, 0.4) is 0 Å². The van der Waals surface area contributed by atoms with Gasteiger partial charge in [0, 0.05) is 40.0 Å². The lowest BCUT2D eigenvalue weighted by Crippen LogP contribution is -2.06. The molecule has 1 unspecified atom stereocenters. The van der Waals surface area contributed by atoms with Gasteiger partial charge in [0.15, 0.2) is 0 Å². The first kappa shape index (κ1) is 17.3. The summed E-state index contributed by atoms with van der Waals surface area (Å²) >= 11 is 0. The lowest BCUT2D eigenvalue weighted by molar-refractivity contribution is 0.741. The van der Waals surface area contributed by atoms with E-state index in [-0.39, 0.29) is 5.92 Å². The van der Waals surface area contributed by atoms with E-state index in [4.69, 9.17) is 4.98 Å². The van der Waals surface area contributed by atoms with Gasteiger partial charge >= 0.3 is 0 Å². The van der Waals surface area contributed by atoms with Gasteiger partial charge in [0.1, 0.15) is 0 Å². The van der Waals surface area contributed by atoms with Crippen molar-refractivity contribution in [2.75, 3.05) is 0 Å². The third-order valence-electron chi connectivity index (χ3n) is 4.43. The fourth-order valence-corrected chi connectivity index (χ4v) is 3.41. The topological polar surface area (TPSA) is 38.7 Å². The molecular weight excluding hydrogens is 306 g/mol. The highest BCUT2D eigenvalue weighted by Gasteiger charge is 2.16. The summed E-state index contributed by atoms with van der Waals surface area (Å²) in [7, 11) is 0. The van der Waals surface area contributed by atoms with E-state index in [1.54, 1.807) is 0 Å². The molecule has 3 aromatic rings. The Bertz CT molecular complexity index is 879. The van der Waals surface area contributed by atoms with Crippen LogP contribution in [0.4, 0.5) is 0 Å². The number of hydrogen-bond donors (Lipinski definition) is 0. The van der Waals surface area contributed by atoms with E-state index in [9.17, 15) is 0 Å². The van der Waals surface area contributed by atoms with Gasteiger partial charge in [-0.3, -0.25) is 15.0 Å². The first-order chi connectivity index (χ1) is 12.0. The van der Waals surface area contributed by atoms with Crippen LogP contribution in [-0.2, 0) is 0 Å². The molecule has 128 valence electrons. The summed E-state index contributed by atoms with van der Waals surface area (Å²) in [5.74, 6) is 0.267. The van der Waals surface area contributed by atoms with E-state index in [1.807, 2.05) is 13.0 Å². The minimum Gasteiger partial charge on any atom is -0.258 e. The van der Waals surface area contributed by atoms with E-state index in [2.05, 4.69) is 74.1 Å². The Kier molecular flexibility index (Phi) is 4.93. The second-order valence-electron chi connectivity index (χ2n) is 6.73. The third kappa shape index (κ3) is 3.93. The Labute approximate surface area is 150 Å². The minimum absolute atomic E-state index is 0.267. The predicted octanol–water partition coefficient (Wildman–Crippen LogP) is 5.31. The minimum atomic E-state index is 0.267.